The molecule has 2 unspecified atom stereocenters. The van der Waals surface area contributed by atoms with Gasteiger partial charge in [-0.25, -0.2) is 4.58 Å². The number of rotatable bonds is 2. The van der Waals surface area contributed by atoms with Crippen LogP contribution in [0.4, 0.5) is 11.4 Å². The van der Waals surface area contributed by atoms with Crippen molar-refractivity contribution in [2.75, 3.05) is 4.90 Å². The van der Waals surface area contributed by atoms with Crippen LogP contribution in [0.15, 0.2) is 24.3 Å². The summed E-state index contributed by atoms with van der Waals surface area (Å²) in [7, 11) is 0. The lowest BCUT2D eigenvalue weighted by molar-refractivity contribution is -0.486. The molecule has 3 rings (SSSR count). The monoisotopic (exact) mass is 351 g/mol. The summed E-state index contributed by atoms with van der Waals surface area (Å²) < 4.78 is 2.23. The molecule has 0 aromatic heterocycles. The molecular formula is C23H31N2O+. The van der Waals surface area contributed by atoms with Gasteiger partial charge in [-0.3, -0.25) is 0 Å². The Hall–Kier alpha value is -2.13. The van der Waals surface area contributed by atoms with Crippen molar-refractivity contribution in [1.82, 2.24) is 0 Å². The fraction of sp³-hybridized carbons (Fsp3) is 0.435. The molecule has 0 aliphatic carbocycles. The van der Waals surface area contributed by atoms with E-state index in [2.05, 4.69) is 83.6 Å². The third-order valence-corrected chi connectivity index (χ3v) is 5.71. The summed E-state index contributed by atoms with van der Waals surface area (Å²) in [5, 5.41) is 11.4. The molecular weight excluding hydrogens is 320 g/mol. The number of anilines is 1. The Kier molecular flexibility index (Phi) is 4.48. The first-order chi connectivity index (χ1) is 12.0. The van der Waals surface area contributed by atoms with E-state index in [0.29, 0.717) is 0 Å². The first-order valence-electron chi connectivity index (χ1n) is 9.34. The predicted molar refractivity (Wildman–Crippen MR) is 110 cm³/mol. The summed E-state index contributed by atoms with van der Waals surface area (Å²) in [6.07, 6.45) is 2.08. The Balaban J connectivity index is 2.21. The summed E-state index contributed by atoms with van der Waals surface area (Å²) >= 11 is 0. The number of hydrogen-bond donors (Lipinski definition) is 1. The van der Waals surface area contributed by atoms with Crippen LogP contribution < -0.4 is 4.90 Å². The van der Waals surface area contributed by atoms with Gasteiger partial charge in [-0.2, -0.15) is 4.90 Å². The topological polar surface area (TPSA) is 26.5 Å². The average Bonchev–Trinajstić information content (AvgIpc) is 2.70. The maximum Gasteiger partial charge on any atom is 0.248 e. The van der Waals surface area contributed by atoms with E-state index in [-0.39, 0.29) is 6.04 Å². The van der Waals surface area contributed by atoms with Gasteiger partial charge in [0.2, 0.25) is 12.1 Å². The zero-order valence-corrected chi connectivity index (χ0v) is 17.3. The van der Waals surface area contributed by atoms with Crippen LogP contribution in [-0.2, 0) is 0 Å². The second-order valence-electron chi connectivity index (χ2n) is 8.16. The quantitative estimate of drug-likeness (QED) is 0.785. The van der Waals surface area contributed by atoms with Gasteiger partial charge < -0.3 is 5.11 Å². The van der Waals surface area contributed by atoms with Gasteiger partial charge >= 0.3 is 0 Å². The highest BCUT2D eigenvalue weighted by Gasteiger charge is 2.51. The first kappa shape index (κ1) is 18.7. The molecule has 2 aromatic rings. The van der Waals surface area contributed by atoms with Crippen molar-refractivity contribution in [3.8, 4) is 0 Å². The molecule has 3 heteroatoms. The van der Waals surface area contributed by atoms with Gasteiger partial charge in [-0.05, 0) is 70.7 Å². The smallest absolute Gasteiger partial charge is 0.248 e. The Bertz CT molecular complexity index is 862. The minimum atomic E-state index is -0.992. The van der Waals surface area contributed by atoms with Crippen molar-refractivity contribution in [3.05, 3.63) is 57.6 Å². The molecule has 26 heavy (non-hydrogen) atoms. The van der Waals surface area contributed by atoms with Gasteiger partial charge in [0.25, 0.3) is 0 Å². The van der Waals surface area contributed by atoms with E-state index in [4.69, 9.17) is 0 Å². The molecule has 0 amide bonds. The van der Waals surface area contributed by atoms with Crippen LogP contribution >= 0.6 is 0 Å². The summed E-state index contributed by atoms with van der Waals surface area (Å²) in [4.78, 5) is 2.04. The van der Waals surface area contributed by atoms with E-state index in [9.17, 15) is 5.11 Å². The summed E-state index contributed by atoms with van der Waals surface area (Å²) in [6, 6.07) is 8.72. The Morgan fingerprint density at radius 3 is 1.73 bits per heavy atom. The number of aliphatic hydroxyl groups is 1. The van der Waals surface area contributed by atoms with Gasteiger partial charge in [0, 0.05) is 6.92 Å². The van der Waals surface area contributed by atoms with Gasteiger partial charge in [-0.1, -0.05) is 35.4 Å². The molecule has 2 aromatic carbocycles. The summed E-state index contributed by atoms with van der Waals surface area (Å²) in [6.45, 7) is 16.8. The second-order valence-corrected chi connectivity index (χ2v) is 8.16. The highest BCUT2D eigenvalue weighted by atomic mass is 16.3. The number of aryl methyl sites for hydroxylation is 6. The van der Waals surface area contributed by atoms with Crippen molar-refractivity contribution in [1.29, 1.82) is 0 Å². The molecule has 0 spiro atoms. The lowest BCUT2D eigenvalue weighted by Crippen LogP contribution is -2.49. The summed E-state index contributed by atoms with van der Waals surface area (Å²) in [5.74, 6) is 0. The van der Waals surface area contributed by atoms with E-state index >= 15 is 0 Å². The maximum atomic E-state index is 11.4. The van der Waals surface area contributed by atoms with Gasteiger partial charge in [0.05, 0.1) is 0 Å². The van der Waals surface area contributed by atoms with E-state index in [1.165, 1.54) is 39.1 Å². The van der Waals surface area contributed by atoms with Crippen LogP contribution in [0.25, 0.3) is 0 Å². The Morgan fingerprint density at radius 2 is 1.27 bits per heavy atom. The number of nitrogens with zero attached hydrogens (tertiary/aromatic N) is 2. The zero-order chi connectivity index (χ0) is 19.4. The fourth-order valence-electron chi connectivity index (χ4n) is 4.47. The van der Waals surface area contributed by atoms with Gasteiger partial charge in [0.1, 0.15) is 11.4 Å². The van der Waals surface area contributed by atoms with Crippen molar-refractivity contribution >= 4 is 17.7 Å². The van der Waals surface area contributed by atoms with Crippen LogP contribution in [0.1, 0.15) is 47.2 Å². The molecule has 3 nitrogen and oxygen atoms in total. The molecule has 1 aliphatic heterocycles. The zero-order valence-electron chi connectivity index (χ0n) is 17.3. The predicted octanol–water partition coefficient (Wildman–Crippen LogP) is 4.83. The highest BCUT2D eigenvalue weighted by molar-refractivity contribution is 5.84. The highest BCUT2D eigenvalue weighted by Crippen LogP contribution is 2.38. The second kappa shape index (κ2) is 6.24. The minimum absolute atomic E-state index is 0.0669. The van der Waals surface area contributed by atoms with Crippen LogP contribution in [-0.4, -0.2) is 27.8 Å². The van der Waals surface area contributed by atoms with E-state index in [1.54, 1.807) is 0 Å². The Labute approximate surface area is 157 Å². The van der Waals surface area contributed by atoms with Gasteiger partial charge in [-0.15, -0.1) is 0 Å². The van der Waals surface area contributed by atoms with E-state index in [1.807, 2.05) is 11.8 Å². The molecule has 138 valence electrons. The fourth-order valence-corrected chi connectivity index (χ4v) is 4.47. The molecule has 1 aliphatic rings. The van der Waals surface area contributed by atoms with Crippen molar-refractivity contribution < 1.29 is 9.68 Å². The SMILES string of the molecule is Cc1cc(C)c(N2C=[N+](c3c(C)cc(C)cc3C)C(C)C2(C)O)c(C)c1. The molecule has 0 saturated carbocycles. The van der Waals surface area contributed by atoms with Crippen LogP contribution in [0.5, 0.6) is 0 Å². The molecule has 0 fully saturated rings. The lowest BCUT2D eigenvalue weighted by atomic mass is 9.99. The van der Waals surface area contributed by atoms with Crippen molar-refractivity contribution in [2.45, 2.75) is 67.2 Å². The van der Waals surface area contributed by atoms with Crippen LogP contribution in [0, 0.1) is 41.5 Å². The van der Waals surface area contributed by atoms with Crippen LogP contribution in [0.3, 0.4) is 0 Å². The van der Waals surface area contributed by atoms with Gasteiger partial charge in [0.15, 0.2) is 6.04 Å². The lowest BCUT2D eigenvalue weighted by Gasteiger charge is -2.28. The largest absolute Gasteiger partial charge is 0.350 e. The summed E-state index contributed by atoms with van der Waals surface area (Å²) in [5.41, 5.74) is 8.65. The molecule has 2 atom stereocenters. The minimum Gasteiger partial charge on any atom is -0.350 e. The normalized spacial score (nSPS) is 22.7. The molecule has 1 N–H and O–H groups in total. The third-order valence-electron chi connectivity index (χ3n) is 5.71. The number of hydrogen-bond acceptors (Lipinski definition) is 2. The first-order valence-corrected chi connectivity index (χ1v) is 9.34. The maximum absolute atomic E-state index is 11.4. The van der Waals surface area contributed by atoms with E-state index in [0.717, 1.165) is 5.69 Å². The molecule has 0 saturated heterocycles. The molecule has 0 radical (unpaired) electrons. The molecule has 0 bridgehead atoms. The standard InChI is InChI=1S/C23H31N2O/c1-14-9-16(3)21(17(4)10-14)24-13-25(23(8,26)20(24)7)22-18(5)11-15(2)12-19(22)6/h9-13,20,26H,1-8H3/q+1. The Morgan fingerprint density at radius 1 is 0.846 bits per heavy atom. The van der Waals surface area contributed by atoms with Crippen LogP contribution in [0.2, 0.25) is 0 Å². The van der Waals surface area contributed by atoms with Crippen molar-refractivity contribution in [2.24, 2.45) is 0 Å². The number of benzene rings is 2. The van der Waals surface area contributed by atoms with E-state index < -0.39 is 5.72 Å². The average molecular weight is 352 g/mol. The van der Waals surface area contributed by atoms with Crippen molar-refractivity contribution in [3.63, 3.8) is 0 Å². The third kappa shape index (κ3) is 2.84. The molecule has 1 heterocycles.